The molecule has 0 aliphatic rings. The van der Waals surface area contributed by atoms with Crippen molar-refractivity contribution in [3.05, 3.63) is 23.8 Å². The van der Waals surface area contributed by atoms with Crippen molar-refractivity contribution in [2.45, 2.75) is 12.5 Å². The van der Waals surface area contributed by atoms with Gasteiger partial charge in [-0.25, -0.2) is 0 Å². The zero-order valence-electron chi connectivity index (χ0n) is 8.71. The molecule has 16 heavy (non-hydrogen) atoms. The summed E-state index contributed by atoms with van der Waals surface area (Å²) in [6.07, 6.45) is 0.200. The summed E-state index contributed by atoms with van der Waals surface area (Å²) in [4.78, 5) is 10.5. The van der Waals surface area contributed by atoms with E-state index in [1.165, 1.54) is 13.2 Å². The average Bonchev–Trinajstić information content (AvgIpc) is 2.20. The lowest BCUT2D eigenvalue weighted by atomic mass is 10.1. The van der Waals surface area contributed by atoms with Crippen LogP contribution in [-0.2, 0) is 11.2 Å². The molecule has 0 bridgehead atoms. The lowest BCUT2D eigenvalue weighted by molar-refractivity contribution is -0.138. The summed E-state index contributed by atoms with van der Waals surface area (Å²) in [5.41, 5.74) is 6.08. The fourth-order valence-corrected chi connectivity index (χ4v) is 1.19. The minimum absolute atomic E-state index is 0. The van der Waals surface area contributed by atoms with Crippen molar-refractivity contribution in [1.29, 1.82) is 0 Å². The zero-order chi connectivity index (χ0) is 11.4. The van der Waals surface area contributed by atoms with Crippen LogP contribution in [0.2, 0.25) is 0 Å². The number of carbonyl (C=O) groups is 1. The maximum atomic E-state index is 10.5. The van der Waals surface area contributed by atoms with E-state index in [2.05, 4.69) is 0 Å². The number of carboxylic acid groups (broad SMARTS) is 1. The number of nitrogens with two attached hydrogens (primary N) is 1. The Balaban J connectivity index is 0.00000225. The van der Waals surface area contributed by atoms with E-state index in [1.807, 2.05) is 0 Å². The van der Waals surface area contributed by atoms with Crippen LogP contribution in [0.3, 0.4) is 0 Å². The van der Waals surface area contributed by atoms with Crippen molar-refractivity contribution in [2.24, 2.45) is 5.73 Å². The number of aliphatic carboxylic acids is 1. The van der Waals surface area contributed by atoms with E-state index in [4.69, 9.17) is 15.6 Å². The normalized spacial score (nSPS) is 11.4. The Labute approximate surface area is 99.2 Å². The number of halogens is 1. The van der Waals surface area contributed by atoms with E-state index in [1.54, 1.807) is 12.1 Å². The molecule has 6 heteroatoms. The van der Waals surface area contributed by atoms with Crippen LogP contribution in [0.1, 0.15) is 5.56 Å². The van der Waals surface area contributed by atoms with Gasteiger partial charge in [-0.15, -0.1) is 12.4 Å². The monoisotopic (exact) mass is 247 g/mol. The molecule has 5 nitrogen and oxygen atoms in total. The first kappa shape index (κ1) is 14.5. The third-order valence-electron chi connectivity index (χ3n) is 2.02. The molecule has 0 fully saturated rings. The van der Waals surface area contributed by atoms with Crippen molar-refractivity contribution < 1.29 is 19.7 Å². The van der Waals surface area contributed by atoms with Gasteiger partial charge in [0.1, 0.15) is 6.04 Å². The predicted molar refractivity (Wildman–Crippen MR) is 61.2 cm³/mol. The van der Waals surface area contributed by atoms with E-state index in [-0.39, 0.29) is 24.6 Å². The molecule has 0 aliphatic heterocycles. The van der Waals surface area contributed by atoms with Crippen LogP contribution in [0.4, 0.5) is 0 Å². The highest BCUT2D eigenvalue weighted by atomic mass is 35.5. The number of hydrogen-bond donors (Lipinski definition) is 3. The largest absolute Gasteiger partial charge is 0.504 e. The summed E-state index contributed by atoms with van der Waals surface area (Å²) < 4.78 is 4.89. The first-order valence-electron chi connectivity index (χ1n) is 4.39. The van der Waals surface area contributed by atoms with E-state index < -0.39 is 12.0 Å². The summed E-state index contributed by atoms with van der Waals surface area (Å²) in [6, 6.07) is 3.68. The van der Waals surface area contributed by atoms with Gasteiger partial charge in [0, 0.05) is 0 Å². The van der Waals surface area contributed by atoms with Gasteiger partial charge in [-0.05, 0) is 24.1 Å². The molecule has 0 amide bonds. The number of ether oxygens (including phenoxy) is 1. The SMILES string of the molecule is COc1cc(CC(N)C(=O)O)ccc1O.Cl. The summed E-state index contributed by atoms with van der Waals surface area (Å²) in [5, 5.41) is 17.9. The lowest BCUT2D eigenvalue weighted by Gasteiger charge is -2.08. The number of phenols is 1. The van der Waals surface area contributed by atoms with Gasteiger partial charge in [0.15, 0.2) is 11.5 Å². The van der Waals surface area contributed by atoms with Crippen LogP contribution in [0.5, 0.6) is 11.5 Å². The second-order valence-corrected chi connectivity index (χ2v) is 3.16. The van der Waals surface area contributed by atoms with Crippen molar-refractivity contribution in [3.8, 4) is 11.5 Å². The number of carboxylic acids is 1. The fraction of sp³-hybridized carbons (Fsp3) is 0.300. The molecule has 1 aromatic rings. The van der Waals surface area contributed by atoms with Gasteiger partial charge in [0.2, 0.25) is 0 Å². The number of hydrogen-bond acceptors (Lipinski definition) is 4. The van der Waals surface area contributed by atoms with Gasteiger partial charge in [-0.2, -0.15) is 0 Å². The first-order valence-corrected chi connectivity index (χ1v) is 4.39. The van der Waals surface area contributed by atoms with Gasteiger partial charge in [0.25, 0.3) is 0 Å². The zero-order valence-corrected chi connectivity index (χ0v) is 9.53. The number of aromatic hydroxyl groups is 1. The molecule has 0 aliphatic carbocycles. The van der Waals surface area contributed by atoms with Crippen LogP contribution in [-0.4, -0.2) is 29.3 Å². The maximum Gasteiger partial charge on any atom is 0.320 e. The Kier molecular flexibility index (Phi) is 5.63. The Morgan fingerprint density at radius 1 is 1.56 bits per heavy atom. The minimum Gasteiger partial charge on any atom is -0.504 e. The predicted octanol–water partition coefficient (Wildman–Crippen LogP) is 0.777. The molecule has 0 radical (unpaired) electrons. The summed E-state index contributed by atoms with van der Waals surface area (Å²) in [7, 11) is 1.43. The fourth-order valence-electron chi connectivity index (χ4n) is 1.19. The second kappa shape index (κ2) is 6.19. The summed E-state index contributed by atoms with van der Waals surface area (Å²) in [5.74, 6) is -0.725. The maximum absolute atomic E-state index is 10.5. The third kappa shape index (κ3) is 3.60. The highest BCUT2D eigenvalue weighted by molar-refractivity contribution is 5.85. The number of rotatable bonds is 4. The van der Waals surface area contributed by atoms with Crippen molar-refractivity contribution in [3.63, 3.8) is 0 Å². The van der Waals surface area contributed by atoms with E-state index in [9.17, 15) is 9.90 Å². The van der Waals surface area contributed by atoms with Crippen LogP contribution in [0, 0.1) is 0 Å². The number of benzene rings is 1. The summed E-state index contributed by atoms with van der Waals surface area (Å²) in [6.45, 7) is 0. The van der Waals surface area contributed by atoms with Gasteiger partial charge in [-0.1, -0.05) is 6.07 Å². The number of methoxy groups -OCH3 is 1. The van der Waals surface area contributed by atoms with Crippen LogP contribution in [0.25, 0.3) is 0 Å². The summed E-state index contributed by atoms with van der Waals surface area (Å²) >= 11 is 0. The molecule has 1 aromatic carbocycles. The molecule has 0 saturated carbocycles. The second-order valence-electron chi connectivity index (χ2n) is 3.16. The molecular formula is C10H14ClNO4. The molecule has 0 spiro atoms. The quantitative estimate of drug-likeness (QED) is 0.731. The minimum atomic E-state index is -1.05. The molecule has 0 aromatic heterocycles. The first-order chi connectivity index (χ1) is 7.04. The highest BCUT2D eigenvalue weighted by Crippen LogP contribution is 2.26. The Bertz CT molecular complexity index is 370. The molecule has 4 N–H and O–H groups in total. The van der Waals surface area contributed by atoms with E-state index in [0.717, 1.165) is 0 Å². The molecular weight excluding hydrogens is 234 g/mol. The molecule has 0 saturated heterocycles. The van der Waals surface area contributed by atoms with Gasteiger partial charge < -0.3 is 20.7 Å². The Morgan fingerprint density at radius 2 is 2.19 bits per heavy atom. The van der Waals surface area contributed by atoms with Crippen molar-refractivity contribution >= 4 is 18.4 Å². The number of phenolic OH excluding ortho intramolecular Hbond substituents is 1. The van der Waals surface area contributed by atoms with E-state index in [0.29, 0.717) is 11.3 Å². The third-order valence-corrected chi connectivity index (χ3v) is 2.02. The molecule has 1 atom stereocenters. The molecule has 1 rings (SSSR count). The Hall–Kier alpha value is -1.46. The van der Waals surface area contributed by atoms with E-state index >= 15 is 0 Å². The highest BCUT2D eigenvalue weighted by Gasteiger charge is 2.13. The average molecular weight is 248 g/mol. The van der Waals surface area contributed by atoms with Gasteiger partial charge in [-0.3, -0.25) is 4.79 Å². The van der Waals surface area contributed by atoms with Crippen LogP contribution < -0.4 is 10.5 Å². The molecule has 1 unspecified atom stereocenters. The van der Waals surface area contributed by atoms with Gasteiger partial charge in [0.05, 0.1) is 7.11 Å². The van der Waals surface area contributed by atoms with Crippen LogP contribution >= 0.6 is 12.4 Å². The molecule has 0 heterocycles. The standard InChI is InChI=1S/C10H13NO4.ClH/c1-15-9-5-6(2-3-8(9)12)4-7(11)10(13)14;/h2-3,5,7,12H,4,11H2,1H3,(H,13,14);1H. The van der Waals surface area contributed by atoms with Crippen molar-refractivity contribution in [1.82, 2.24) is 0 Å². The van der Waals surface area contributed by atoms with Crippen molar-refractivity contribution in [2.75, 3.05) is 7.11 Å². The van der Waals surface area contributed by atoms with Gasteiger partial charge >= 0.3 is 5.97 Å². The molecule has 90 valence electrons. The van der Waals surface area contributed by atoms with Crippen LogP contribution in [0.15, 0.2) is 18.2 Å². The Morgan fingerprint density at radius 3 is 2.69 bits per heavy atom. The topological polar surface area (TPSA) is 92.8 Å². The smallest absolute Gasteiger partial charge is 0.320 e. The lowest BCUT2D eigenvalue weighted by Crippen LogP contribution is -2.32.